The Morgan fingerprint density at radius 3 is 2.12 bits per heavy atom. The van der Waals surface area contributed by atoms with Crippen molar-refractivity contribution in [2.45, 2.75) is 0 Å². The summed E-state index contributed by atoms with van der Waals surface area (Å²) in [6.45, 7) is -0.628. The van der Waals surface area contributed by atoms with E-state index in [-0.39, 0.29) is 22.7 Å². The lowest BCUT2D eigenvalue weighted by Gasteiger charge is -2.11. The van der Waals surface area contributed by atoms with Crippen LogP contribution in [0.5, 0.6) is 5.75 Å². The number of hydrazine groups is 1. The van der Waals surface area contributed by atoms with Gasteiger partial charge in [0.1, 0.15) is 5.75 Å². The Balaban J connectivity index is 1.50. The fourth-order valence-electron chi connectivity index (χ4n) is 2.82. The Bertz CT molecular complexity index is 1180. The highest BCUT2D eigenvalue weighted by Crippen LogP contribution is 2.22. The van der Waals surface area contributed by atoms with Crippen LogP contribution in [0.2, 0.25) is 5.02 Å². The van der Waals surface area contributed by atoms with Crippen molar-refractivity contribution in [2.24, 2.45) is 0 Å². The second-order valence-electron chi connectivity index (χ2n) is 6.70. The van der Waals surface area contributed by atoms with E-state index in [1.165, 1.54) is 43.5 Å². The highest BCUT2D eigenvalue weighted by Gasteiger charge is 2.16. The first-order chi connectivity index (χ1) is 15.9. The molecule has 3 aromatic carbocycles. The molecule has 0 atom stereocenters. The maximum atomic E-state index is 12.4. The Kier molecular flexibility index (Phi) is 7.77. The average molecular weight is 467 g/mol. The van der Waals surface area contributed by atoms with E-state index in [4.69, 9.17) is 21.1 Å². The molecule has 0 aliphatic carbocycles. The number of benzene rings is 3. The summed E-state index contributed by atoms with van der Waals surface area (Å²) >= 11 is 5.88. The van der Waals surface area contributed by atoms with Crippen molar-refractivity contribution in [3.8, 4) is 5.75 Å². The summed E-state index contributed by atoms with van der Waals surface area (Å²) in [5.74, 6) is -2.08. The normalized spacial score (nSPS) is 10.1. The molecule has 0 heterocycles. The van der Waals surface area contributed by atoms with Crippen LogP contribution in [0, 0.1) is 0 Å². The largest absolute Gasteiger partial charge is 0.496 e. The van der Waals surface area contributed by atoms with Gasteiger partial charge in [-0.3, -0.25) is 25.2 Å². The molecule has 0 radical (unpaired) electrons. The van der Waals surface area contributed by atoms with Gasteiger partial charge >= 0.3 is 5.97 Å². The summed E-state index contributed by atoms with van der Waals surface area (Å²) in [4.78, 5) is 48.7. The summed E-state index contributed by atoms with van der Waals surface area (Å²) in [5.41, 5.74) is 5.56. The lowest BCUT2D eigenvalue weighted by molar-refractivity contribution is -0.125. The molecule has 2 amide bonds. The Morgan fingerprint density at radius 2 is 1.45 bits per heavy atom. The first kappa shape index (κ1) is 23.5. The van der Waals surface area contributed by atoms with E-state index in [2.05, 4.69) is 10.9 Å². The zero-order valence-electron chi connectivity index (χ0n) is 17.5. The first-order valence-electron chi connectivity index (χ1n) is 9.68. The quantitative estimate of drug-likeness (QED) is 0.314. The molecule has 33 heavy (non-hydrogen) atoms. The van der Waals surface area contributed by atoms with E-state index in [9.17, 15) is 19.2 Å². The predicted octanol–water partition coefficient (Wildman–Crippen LogP) is 3.20. The minimum absolute atomic E-state index is 0.118. The van der Waals surface area contributed by atoms with Crippen molar-refractivity contribution in [3.63, 3.8) is 0 Å². The van der Waals surface area contributed by atoms with Gasteiger partial charge in [0.2, 0.25) is 0 Å². The smallest absolute Gasteiger partial charge is 0.338 e. The second-order valence-corrected chi connectivity index (χ2v) is 7.13. The number of halogens is 1. The SMILES string of the molecule is COc1ccc(Cl)cc1C(=O)NNC(=O)COC(=O)c1ccc(C(=O)c2ccccc2)cc1. The van der Waals surface area contributed by atoms with Gasteiger partial charge < -0.3 is 9.47 Å². The van der Waals surface area contributed by atoms with Gasteiger partial charge in [-0.1, -0.05) is 54.1 Å². The van der Waals surface area contributed by atoms with Gasteiger partial charge in [0.25, 0.3) is 11.8 Å². The number of ether oxygens (including phenoxy) is 2. The molecule has 0 aliphatic rings. The van der Waals surface area contributed by atoms with Crippen molar-refractivity contribution in [2.75, 3.05) is 13.7 Å². The predicted molar refractivity (Wildman–Crippen MR) is 120 cm³/mol. The number of esters is 1. The summed E-state index contributed by atoms with van der Waals surface area (Å²) in [7, 11) is 1.39. The number of nitrogens with one attached hydrogen (secondary N) is 2. The van der Waals surface area contributed by atoms with Gasteiger partial charge in [0.05, 0.1) is 18.2 Å². The molecule has 0 bridgehead atoms. The number of carbonyl (C=O) groups is 4. The van der Waals surface area contributed by atoms with E-state index in [0.29, 0.717) is 16.1 Å². The van der Waals surface area contributed by atoms with Gasteiger partial charge in [-0.25, -0.2) is 4.79 Å². The van der Waals surface area contributed by atoms with Gasteiger partial charge in [0, 0.05) is 16.1 Å². The molecule has 9 heteroatoms. The third-order valence-corrected chi connectivity index (χ3v) is 4.71. The molecular formula is C24H19ClN2O6. The number of ketones is 1. The first-order valence-corrected chi connectivity index (χ1v) is 10.1. The average Bonchev–Trinajstić information content (AvgIpc) is 2.85. The van der Waals surface area contributed by atoms with Gasteiger partial charge in [-0.15, -0.1) is 0 Å². The zero-order valence-corrected chi connectivity index (χ0v) is 18.2. The third kappa shape index (κ3) is 6.18. The van der Waals surface area contributed by atoms with Gasteiger partial charge in [0.15, 0.2) is 12.4 Å². The van der Waals surface area contributed by atoms with Crippen LogP contribution in [0.3, 0.4) is 0 Å². The number of carbonyl (C=O) groups excluding carboxylic acids is 4. The molecule has 0 aromatic heterocycles. The van der Waals surface area contributed by atoms with E-state index in [1.54, 1.807) is 30.3 Å². The lowest BCUT2D eigenvalue weighted by Crippen LogP contribution is -2.43. The van der Waals surface area contributed by atoms with Crippen LogP contribution in [-0.2, 0) is 9.53 Å². The summed E-state index contributed by atoms with van der Waals surface area (Å²) in [6, 6.07) is 19.1. The van der Waals surface area contributed by atoms with Crippen LogP contribution in [0.1, 0.15) is 36.6 Å². The lowest BCUT2D eigenvalue weighted by atomic mass is 10.0. The molecule has 0 saturated carbocycles. The van der Waals surface area contributed by atoms with Crippen molar-refractivity contribution in [3.05, 3.63) is 100 Å². The molecule has 0 aliphatic heterocycles. The molecule has 168 valence electrons. The maximum Gasteiger partial charge on any atom is 0.338 e. The molecule has 0 fully saturated rings. The monoisotopic (exact) mass is 466 g/mol. The van der Waals surface area contributed by atoms with Crippen LogP contribution in [0.25, 0.3) is 0 Å². The fraction of sp³-hybridized carbons (Fsp3) is 0.0833. The highest BCUT2D eigenvalue weighted by molar-refractivity contribution is 6.31. The summed E-state index contributed by atoms with van der Waals surface area (Å²) < 4.78 is 10.0. The third-order valence-electron chi connectivity index (χ3n) is 4.47. The Hall–Kier alpha value is -4.17. The Labute approximate surface area is 194 Å². The topological polar surface area (TPSA) is 111 Å². The van der Waals surface area contributed by atoms with Crippen molar-refractivity contribution < 1.29 is 28.7 Å². The van der Waals surface area contributed by atoms with E-state index >= 15 is 0 Å². The van der Waals surface area contributed by atoms with Crippen molar-refractivity contribution in [1.29, 1.82) is 0 Å². The highest BCUT2D eigenvalue weighted by atomic mass is 35.5. The van der Waals surface area contributed by atoms with Gasteiger partial charge in [-0.2, -0.15) is 0 Å². The van der Waals surface area contributed by atoms with Crippen molar-refractivity contribution >= 4 is 35.2 Å². The number of methoxy groups -OCH3 is 1. The number of hydrogen-bond donors (Lipinski definition) is 2. The number of rotatable bonds is 7. The molecule has 0 unspecified atom stereocenters. The molecule has 3 aromatic rings. The van der Waals surface area contributed by atoms with Crippen LogP contribution in [0.15, 0.2) is 72.8 Å². The van der Waals surface area contributed by atoms with Crippen LogP contribution >= 0.6 is 11.6 Å². The Morgan fingerprint density at radius 1 is 0.818 bits per heavy atom. The van der Waals surface area contributed by atoms with Crippen LogP contribution < -0.4 is 15.6 Å². The molecule has 8 nitrogen and oxygen atoms in total. The molecular weight excluding hydrogens is 448 g/mol. The summed E-state index contributed by atoms with van der Waals surface area (Å²) in [5, 5.41) is 0.317. The van der Waals surface area contributed by atoms with E-state index < -0.39 is 24.4 Å². The standard InChI is InChI=1S/C24H19ClN2O6/c1-32-20-12-11-18(25)13-19(20)23(30)27-26-21(28)14-33-24(31)17-9-7-16(8-10-17)22(29)15-5-3-2-4-6-15/h2-13H,14H2,1H3,(H,26,28)(H,27,30). The van der Waals surface area contributed by atoms with Crippen LogP contribution in [0.4, 0.5) is 0 Å². The molecule has 2 N–H and O–H groups in total. The van der Waals surface area contributed by atoms with E-state index in [1.807, 2.05) is 6.07 Å². The van der Waals surface area contributed by atoms with Crippen LogP contribution in [-0.4, -0.2) is 37.3 Å². The van der Waals surface area contributed by atoms with E-state index in [0.717, 1.165) is 0 Å². The van der Waals surface area contributed by atoms with Crippen molar-refractivity contribution in [1.82, 2.24) is 10.9 Å². The molecule has 0 spiro atoms. The fourth-order valence-corrected chi connectivity index (χ4v) is 2.99. The molecule has 3 rings (SSSR count). The number of amides is 2. The number of hydrogen-bond acceptors (Lipinski definition) is 6. The molecule has 0 saturated heterocycles. The minimum atomic E-state index is -0.758. The minimum Gasteiger partial charge on any atom is -0.496 e. The maximum absolute atomic E-state index is 12.4. The summed E-state index contributed by atoms with van der Waals surface area (Å²) in [6.07, 6.45) is 0. The zero-order chi connectivity index (χ0) is 23.8. The second kappa shape index (κ2) is 10.9. The van der Waals surface area contributed by atoms with Gasteiger partial charge in [-0.05, 0) is 30.3 Å².